The second kappa shape index (κ2) is 13.8. The van der Waals surface area contributed by atoms with Crippen molar-refractivity contribution < 1.29 is 23.7 Å². The number of carbonyl (C=O) groups is 1. The van der Waals surface area contributed by atoms with Crippen molar-refractivity contribution in [1.29, 1.82) is 0 Å². The molecule has 5 rings (SSSR count). The van der Waals surface area contributed by atoms with Gasteiger partial charge >= 0.3 is 5.97 Å². The SMILES string of the molecule is CCCCOc1ccc2ccccc2c1/C=c1/sc2n(c1=O)[C@H](c1cc(OC)c(OCC)cc1Br)C(C(=O)OCC)=C(C)N=2. The van der Waals surface area contributed by atoms with Crippen LogP contribution in [0.5, 0.6) is 17.2 Å². The number of hydrogen-bond acceptors (Lipinski definition) is 8. The minimum atomic E-state index is -0.820. The normalized spacial score (nSPS) is 14.8. The lowest BCUT2D eigenvalue weighted by atomic mass is 9.95. The Balaban J connectivity index is 1.77. The van der Waals surface area contributed by atoms with E-state index in [1.165, 1.54) is 11.3 Å². The molecule has 8 nitrogen and oxygen atoms in total. The number of aromatic nitrogens is 1. The molecule has 0 unspecified atom stereocenters. The lowest BCUT2D eigenvalue weighted by Gasteiger charge is -2.26. The number of esters is 1. The molecule has 2 heterocycles. The Kier molecular flexibility index (Phi) is 9.90. The van der Waals surface area contributed by atoms with Crippen LogP contribution in [0.3, 0.4) is 0 Å². The van der Waals surface area contributed by atoms with Gasteiger partial charge in [0.05, 0.1) is 48.8 Å². The first kappa shape index (κ1) is 31.5. The van der Waals surface area contributed by atoms with Crippen LogP contribution in [0.2, 0.25) is 0 Å². The van der Waals surface area contributed by atoms with Crippen LogP contribution in [0.1, 0.15) is 57.7 Å². The molecule has 0 aliphatic carbocycles. The highest BCUT2D eigenvalue weighted by Crippen LogP contribution is 2.41. The largest absolute Gasteiger partial charge is 0.493 e. The highest BCUT2D eigenvalue weighted by Gasteiger charge is 2.35. The molecule has 3 aromatic carbocycles. The van der Waals surface area contributed by atoms with Gasteiger partial charge in [0.1, 0.15) is 5.75 Å². The van der Waals surface area contributed by atoms with Gasteiger partial charge < -0.3 is 18.9 Å². The Morgan fingerprint density at radius 2 is 1.84 bits per heavy atom. The first-order valence-electron chi connectivity index (χ1n) is 14.7. The van der Waals surface area contributed by atoms with E-state index in [2.05, 4.69) is 22.9 Å². The zero-order valence-corrected chi connectivity index (χ0v) is 27.8. The first-order chi connectivity index (χ1) is 21.3. The molecule has 0 bridgehead atoms. The van der Waals surface area contributed by atoms with Crippen molar-refractivity contribution >= 4 is 50.1 Å². The molecular formula is C34H35BrN2O6S. The Morgan fingerprint density at radius 1 is 1.05 bits per heavy atom. The molecule has 10 heteroatoms. The molecule has 1 aliphatic heterocycles. The molecule has 1 aliphatic rings. The lowest BCUT2D eigenvalue weighted by Crippen LogP contribution is -2.40. The average molecular weight is 680 g/mol. The van der Waals surface area contributed by atoms with E-state index in [0.29, 0.717) is 55.5 Å². The Morgan fingerprint density at radius 3 is 2.57 bits per heavy atom. The van der Waals surface area contributed by atoms with Crippen molar-refractivity contribution in [2.24, 2.45) is 4.99 Å². The van der Waals surface area contributed by atoms with Gasteiger partial charge in [0.2, 0.25) is 0 Å². The first-order valence-corrected chi connectivity index (χ1v) is 16.3. The zero-order valence-electron chi connectivity index (χ0n) is 25.4. The molecule has 1 aromatic heterocycles. The number of carbonyl (C=O) groups excluding carboxylic acids is 1. The summed E-state index contributed by atoms with van der Waals surface area (Å²) in [4.78, 5) is 33.0. The standard InChI is InChI=1S/C34H35BrN2O6S/c1-6-9-16-43-26-15-14-21-12-10-11-13-22(21)23(26)18-29-32(38)37-31(24-17-27(40-5)28(41-7-2)19-25(24)35)30(33(39)42-8-3)20(4)36-34(37)44-29/h10-15,17-19,31H,6-9,16H2,1-5H3/b29-18+/t31-/m1/s1. The molecule has 0 saturated carbocycles. The third-order valence-electron chi connectivity index (χ3n) is 7.36. The minimum absolute atomic E-state index is 0.183. The lowest BCUT2D eigenvalue weighted by molar-refractivity contribution is -0.139. The Hall–Kier alpha value is -3.89. The van der Waals surface area contributed by atoms with Gasteiger partial charge in [-0.25, -0.2) is 9.79 Å². The van der Waals surface area contributed by atoms with Gasteiger partial charge in [0.25, 0.3) is 5.56 Å². The summed E-state index contributed by atoms with van der Waals surface area (Å²) in [6.07, 6.45) is 3.81. The maximum absolute atomic E-state index is 14.4. The van der Waals surface area contributed by atoms with Crippen molar-refractivity contribution in [1.82, 2.24) is 4.57 Å². The second-order valence-corrected chi connectivity index (χ2v) is 12.0. The number of ether oxygens (including phenoxy) is 4. The van der Waals surface area contributed by atoms with Crippen LogP contribution in [-0.4, -0.2) is 37.5 Å². The van der Waals surface area contributed by atoms with Gasteiger partial charge in [-0.05, 0) is 67.8 Å². The summed E-state index contributed by atoms with van der Waals surface area (Å²) in [5.41, 5.74) is 1.96. The third kappa shape index (κ3) is 6.05. The maximum Gasteiger partial charge on any atom is 0.338 e. The minimum Gasteiger partial charge on any atom is -0.493 e. The quantitative estimate of drug-likeness (QED) is 0.137. The monoisotopic (exact) mass is 678 g/mol. The van der Waals surface area contributed by atoms with E-state index >= 15 is 0 Å². The molecule has 0 amide bonds. The van der Waals surface area contributed by atoms with Gasteiger partial charge in [0.15, 0.2) is 16.3 Å². The topological polar surface area (TPSA) is 88.3 Å². The van der Waals surface area contributed by atoms with E-state index in [1.807, 2.05) is 49.4 Å². The number of nitrogens with zero attached hydrogens (tertiary/aromatic N) is 2. The van der Waals surface area contributed by atoms with Crippen LogP contribution >= 0.6 is 27.3 Å². The summed E-state index contributed by atoms with van der Waals surface area (Å²) in [5, 5.41) is 2.02. The highest BCUT2D eigenvalue weighted by atomic mass is 79.9. The predicted octanol–water partition coefficient (Wildman–Crippen LogP) is 6.30. The smallest absolute Gasteiger partial charge is 0.338 e. The molecule has 0 saturated heterocycles. The highest BCUT2D eigenvalue weighted by molar-refractivity contribution is 9.10. The van der Waals surface area contributed by atoms with E-state index in [4.69, 9.17) is 23.9 Å². The molecule has 44 heavy (non-hydrogen) atoms. The summed E-state index contributed by atoms with van der Waals surface area (Å²) in [6.45, 7) is 8.73. The summed E-state index contributed by atoms with van der Waals surface area (Å²) >= 11 is 4.95. The number of fused-ring (bicyclic) bond motifs is 2. The molecular weight excluding hydrogens is 644 g/mol. The number of benzene rings is 3. The number of methoxy groups -OCH3 is 1. The van der Waals surface area contributed by atoms with E-state index in [-0.39, 0.29) is 17.7 Å². The molecule has 0 spiro atoms. The van der Waals surface area contributed by atoms with Crippen LogP contribution in [-0.2, 0) is 9.53 Å². The summed E-state index contributed by atoms with van der Waals surface area (Å²) in [7, 11) is 1.55. The van der Waals surface area contributed by atoms with Gasteiger partial charge in [-0.15, -0.1) is 0 Å². The van der Waals surface area contributed by atoms with Gasteiger partial charge in [-0.2, -0.15) is 0 Å². The van der Waals surface area contributed by atoms with E-state index in [9.17, 15) is 9.59 Å². The fraction of sp³-hybridized carbons (Fsp3) is 0.324. The van der Waals surface area contributed by atoms with Crippen LogP contribution in [0.15, 0.2) is 74.1 Å². The molecule has 0 radical (unpaired) electrons. The van der Waals surface area contributed by atoms with Crippen LogP contribution in [0.25, 0.3) is 16.8 Å². The number of allylic oxidation sites excluding steroid dienone is 1. The van der Waals surface area contributed by atoms with E-state index in [0.717, 1.165) is 29.2 Å². The summed E-state index contributed by atoms with van der Waals surface area (Å²) < 4.78 is 25.8. The van der Waals surface area contributed by atoms with Crippen LogP contribution in [0, 0.1) is 0 Å². The number of hydrogen-bond donors (Lipinski definition) is 0. The van der Waals surface area contributed by atoms with E-state index in [1.54, 1.807) is 37.7 Å². The number of unbranched alkanes of at least 4 members (excludes halogenated alkanes) is 1. The van der Waals surface area contributed by atoms with Gasteiger partial charge in [-0.1, -0.05) is 70.9 Å². The summed E-state index contributed by atoms with van der Waals surface area (Å²) in [6, 6.07) is 14.8. The fourth-order valence-electron chi connectivity index (χ4n) is 5.28. The molecule has 230 valence electrons. The second-order valence-electron chi connectivity index (χ2n) is 10.2. The van der Waals surface area contributed by atoms with Crippen molar-refractivity contribution in [3.63, 3.8) is 0 Å². The molecule has 0 fully saturated rings. The van der Waals surface area contributed by atoms with E-state index < -0.39 is 12.0 Å². The molecule has 4 aromatic rings. The average Bonchev–Trinajstić information content (AvgIpc) is 3.32. The molecule has 1 atom stereocenters. The zero-order chi connectivity index (χ0) is 31.4. The Labute approximate surface area is 268 Å². The van der Waals surface area contributed by atoms with Crippen molar-refractivity contribution in [2.45, 2.75) is 46.6 Å². The number of halogens is 1. The van der Waals surface area contributed by atoms with Crippen molar-refractivity contribution in [3.8, 4) is 17.2 Å². The van der Waals surface area contributed by atoms with Crippen molar-refractivity contribution in [3.05, 3.63) is 95.1 Å². The predicted molar refractivity (Wildman–Crippen MR) is 177 cm³/mol. The van der Waals surface area contributed by atoms with Crippen molar-refractivity contribution in [2.75, 3.05) is 26.9 Å². The maximum atomic E-state index is 14.4. The van der Waals surface area contributed by atoms with Crippen LogP contribution < -0.4 is 29.1 Å². The number of rotatable bonds is 11. The molecule has 0 N–H and O–H groups in total. The number of thiazole rings is 1. The van der Waals surface area contributed by atoms with Crippen LogP contribution in [0.4, 0.5) is 0 Å². The Bertz CT molecular complexity index is 1930. The van der Waals surface area contributed by atoms with Gasteiger partial charge in [0, 0.05) is 10.0 Å². The third-order valence-corrected chi connectivity index (χ3v) is 9.03. The summed E-state index contributed by atoms with van der Waals surface area (Å²) in [5.74, 6) is 1.20. The van der Waals surface area contributed by atoms with Gasteiger partial charge in [-0.3, -0.25) is 9.36 Å². The fourth-order valence-corrected chi connectivity index (χ4v) is 6.85.